The molecule has 0 bridgehead atoms. The van der Waals surface area contributed by atoms with E-state index in [9.17, 15) is 4.79 Å². The zero-order chi connectivity index (χ0) is 11.5. The summed E-state index contributed by atoms with van der Waals surface area (Å²) >= 11 is 0. The van der Waals surface area contributed by atoms with Crippen LogP contribution in [0.3, 0.4) is 0 Å². The van der Waals surface area contributed by atoms with E-state index in [-0.39, 0.29) is 5.56 Å². The summed E-state index contributed by atoms with van der Waals surface area (Å²) in [6.07, 6.45) is 0.717. The Hall–Kier alpha value is -2.08. The number of nitrogens with zero attached hydrogens (tertiary/aromatic N) is 1. The normalized spacial score (nSPS) is 9.88. The smallest absolute Gasteiger partial charge is 0.260 e. The van der Waals surface area contributed by atoms with Crippen molar-refractivity contribution in [3.05, 3.63) is 39.9 Å². The van der Waals surface area contributed by atoms with Crippen LogP contribution in [0.15, 0.2) is 23.0 Å². The fraction of sp³-hybridized carbons (Fsp3) is 0.231. The first kappa shape index (κ1) is 10.4. The maximum atomic E-state index is 11.9. The summed E-state index contributed by atoms with van der Waals surface area (Å²) in [7, 11) is 0. The molecule has 0 fully saturated rings. The van der Waals surface area contributed by atoms with Gasteiger partial charge in [0.05, 0.1) is 10.9 Å². The van der Waals surface area contributed by atoms with Crippen molar-refractivity contribution >= 4 is 10.9 Å². The lowest BCUT2D eigenvalue weighted by Crippen LogP contribution is -2.12. The number of aromatic nitrogens is 2. The van der Waals surface area contributed by atoms with Crippen molar-refractivity contribution in [2.75, 3.05) is 0 Å². The average molecular weight is 212 g/mol. The molecule has 16 heavy (non-hydrogen) atoms. The highest BCUT2D eigenvalue weighted by molar-refractivity contribution is 5.84. The van der Waals surface area contributed by atoms with Gasteiger partial charge in [0.1, 0.15) is 5.82 Å². The summed E-state index contributed by atoms with van der Waals surface area (Å²) in [5, 5.41) is 0.578. The number of H-pyrrole nitrogens is 1. The van der Waals surface area contributed by atoms with Crippen LogP contribution in [0.5, 0.6) is 0 Å². The van der Waals surface area contributed by atoms with Gasteiger partial charge in [-0.15, -0.1) is 5.92 Å². The number of rotatable bonds is 1. The first-order valence-corrected chi connectivity index (χ1v) is 5.21. The fourth-order valence-electron chi connectivity index (χ4n) is 1.65. The third-order valence-electron chi connectivity index (χ3n) is 2.38. The zero-order valence-corrected chi connectivity index (χ0v) is 9.29. The standard InChI is InChI=1S/C13H12N2O/c1-3-6-9-7-5-8-10-12(9)13(16)15-11(4-2)14-10/h5,7-8H,4H2,1-2H3,(H,14,15,16). The Morgan fingerprint density at radius 1 is 1.44 bits per heavy atom. The van der Waals surface area contributed by atoms with E-state index in [4.69, 9.17) is 0 Å². The van der Waals surface area contributed by atoms with Crippen LogP contribution in [-0.4, -0.2) is 9.97 Å². The summed E-state index contributed by atoms with van der Waals surface area (Å²) in [5.41, 5.74) is 1.33. The minimum absolute atomic E-state index is 0.111. The number of fused-ring (bicyclic) bond motifs is 1. The second-order valence-electron chi connectivity index (χ2n) is 3.44. The van der Waals surface area contributed by atoms with Crippen molar-refractivity contribution in [2.45, 2.75) is 20.3 Å². The van der Waals surface area contributed by atoms with Crippen molar-refractivity contribution in [2.24, 2.45) is 0 Å². The summed E-state index contributed by atoms with van der Waals surface area (Å²) in [6, 6.07) is 5.54. The molecule has 0 saturated carbocycles. The van der Waals surface area contributed by atoms with E-state index in [2.05, 4.69) is 21.8 Å². The van der Waals surface area contributed by atoms with Gasteiger partial charge in [0.25, 0.3) is 5.56 Å². The third-order valence-corrected chi connectivity index (χ3v) is 2.38. The molecule has 0 radical (unpaired) electrons. The number of nitrogens with one attached hydrogen (secondary N) is 1. The molecule has 3 nitrogen and oxygen atoms in total. The number of hydrogen-bond donors (Lipinski definition) is 1. The van der Waals surface area contributed by atoms with Crippen molar-refractivity contribution in [1.82, 2.24) is 9.97 Å². The molecule has 1 N–H and O–H groups in total. The minimum atomic E-state index is -0.111. The van der Waals surface area contributed by atoms with Crippen LogP contribution in [0, 0.1) is 11.8 Å². The van der Waals surface area contributed by atoms with Crippen LogP contribution in [-0.2, 0) is 6.42 Å². The average Bonchev–Trinajstić information content (AvgIpc) is 2.29. The molecule has 2 aromatic rings. The molecule has 0 aliphatic heterocycles. The third kappa shape index (κ3) is 1.70. The molecular weight excluding hydrogens is 200 g/mol. The van der Waals surface area contributed by atoms with E-state index in [1.807, 2.05) is 25.1 Å². The molecule has 0 amide bonds. The van der Waals surface area contributed by atoms with Crippen LogP contribution in [0.1, 0.15) is 25.2 Å². The van der Waals surface area contributed by atoms with Gasteiger partial charge in [-0.25, -0.2) is 4.98 Å². The molecule has 0 spiro atoms. The monoisotopic (exact) mass is 212 g/mol. The first-order chi connectivity index (χ1) is 7.76. The lowest BCUT2D eigenvalue weighted by molar-refractivity contribution is 0.944. The van der Waals surface area contributed by atoms with Gasteiger partial charge in [0.15, 0.2) is 0 Å². The van der Waals surface area contributed by atoms with Gasteiger partial charge in [-0.3, -0.25) is 4.79 Å². The molecule has 0 unspecified atom stereocenters. The second-order valence-corrected chi connectivity index (χ2v) is 3.44. The van der Waals surface area contributed by atoms with Crippen molar-refractivity contribution in [3.8, 4) is 11.8 Å². The van der Waals surface area contributed by atoms with Gasteiger partial charge in [-0.1, -0.05) is 18.9 Å². The maximum Gasteiger partial charge on any atom is 0.260 e. The van der Waals surface area contributed by atoms with Crippen LogP contribution in [0.25, 0.3) is 10.9 Å². The van der Waals surface area contributed by atoms with Crippen LogP contribution < -0.4 is 5.56 Å². The first-order valence-electron chi connectivity index (χ1n) is 5.21. The lowest BCUT2D eigenvalue weighted by atomic mass is 10.1. The van der Waals surface area contributed by atoms with E-state index < -0.39 is 0 Å². The zero-order valence-electron chi connectivity index (χ0n) is 9.29. The van der Waals surface area contributed by atoms with Crippen LogP contribution in [0.2, 0.25) is 0 Å². The van der Waals surface area contributed by atoms with E-state index in [1.165, 1.54) is 0 Å². The highest BCUT2D eigenvalue weighted by Crippen LogP contribution is 2.11. The van der Waals surface area contributed by atoms with Crippen LogP contribution >= 0.6 is 0 Å². The summed E-state index contributed by atoms with van der Waals surface area (Å²) in [6.45, 7) is 3.71. The molecule has 0 saturated heterocycles. The van der Waals surface area contributed by atoms with Gasteiger partial charge >= 0.3 is 0 Å². The van der Waals surface area contributed by atoms with Crippen LogP contribution in [0.4, 0.5) is 0 Å². The highest BCUT2D eigenvalue weighted by Gasteiger charge is 2.05. The Morgan fingerprint density at radius 2 is 2.25 bits per heavy atom. The van der Waals surface area contributed by atoms with E-state index in [0.29, 0.717) is 16.7 Å². The van der Waals surface area contributed by atoms with Crippen molar-refractivity contribution < 1.29 is 0 Å². The molecule has 0 aliphatic carbocycles. The number of hydrogen-bond acceptors (Lipinski definition) is 2. The van der Waals surface area contributed by atoms with Gasteiger partial charge in [-0.2, -0.15) is 0 Å². The quantitative estimate of drug-likeness (QED) is 0.733. The Bertz CT molecular complexity index is 644. The molecule has 1 aromatic heterocycles. The molecular formula is C13H12N2O. The number of aryl methyl sites for hydroxylation is 1. The van der Waals surface area contributed by atoms with Crippen molar-refractivity contribution in [3.63, 3.8) is 0 Å². The molecule has 0 atom stereocenters. The van der Waals surface area contributed by atoms with Gasteiger partial charge in [-0.05, 0) is 19.1 Å². The largest absolute Gasteiger partial charge is 0.310 e. The SMILES string of the molecule is CC#Cc1cccc2nc(CC)[nH]c(=O)c12. The molecule has 2 rings (SSSR count). The predicted octanol–water partition coefficient (Wildman–Crippen LogP) is 1.86. The lowest BCUT2D eigenvalue weighted by Gasteiger charge is -2.01. The molecule has 1 heterocycles. The number of aromatic amines is 1. The molecule has 80 valence electrons. The highest BCUT2D eigenvalue weighted by atomic mass is 16.1. The summed E-state index contributed by atoms with van der Waals surface area (Å²) < 4.78 is 0. The molecule has 0 aliphatic rings. The second kappa shape index (κ2) is 4.19. The minimum Gasteiger partial charge on any atom is -0.310 e. The Morgan fingerprint density at radius 3 is 2.94 bits per heavy atom. The van der Waals surface area contributed by atoms with Gasteiger partial charge < -0.3 is 4.98 Å². The number of benzene rings is 1. The molecule has 1 aromatic carbocycles. The molecule has 3 heteroatoms. The topological polar surface area (TPSA) is 45.8 Å². The maximum absolute atomic E-state index is 11.9. The van der Waals surface area contributed by atoms with Gasteiger partial charge in [0.2, 0.25) is 0 Å². The van der Waals surface area contributed by atoms with E-state index in [0.717, 1.165) is 12.0 Å². The van der Waals surface area contributed by atoms with Gasteiger partial charge in [0, 0.05) is 12.0 Å². The Kier molecular flexibility index (Phi) is 2.74. The summed E-state index contributed by atoms with van der Waals surface area (Å²) in [4.78, 5) is 19.0. The Labute approximate surface area is 93.5 Å². The summed E-state index contributed by atoms with van der Waals surface area (Å²) in [5.74, 6) is 6.43. The van der Waals surface area contributed by atoms with E-state index in [1.54, 1.807) is 6.92 Å². The Balaban J connectivity index is 2.87. The predicted molar refractivity (Wildman–Crippen MR) is 64.3 cm³/mol. The fourth-order valence-corrected chi connectivity index (χ4v) is 1.65. The van der Waals surface area contributed by atoms with Crippen molar-refractivity contribution in [1.29, 1.82) is 0 Å². The van der Waals surface area contributed by atoms with E-state index >= 15 is 0 Å².